The van der Waals surface area contributed by atoms with Crippen LogP contribution in [-0.2, 0) is 6.42 Å². The fourth-order valence-corrected chi connectivity index (χ4v) is 1.95. The van der Waals surface area contributed by atoms with Crippen LogP contribution in [0.5, 0.6) is 5.75 Å². The van der Waals surface area contributed by atoms with E-state index in [1.807, 2.05) is 0 Å². The summed E-state index contributed by atoms with van der Waals surface area (Å²) in [4.78, 5) is 0. The summed E-state index contributed by atoms with van der Waals surface area (Å²) in [7, 11) is 0. The molecular formula is C14H20O. The van der Waals surface area contributed by atoms with Gasteiger partial charge in [-0.3, -0.25) is 0 Å². The summed E-state index contributed by atoms with van der Waals surface area (Å²) in [6.07, 6.45) is 6.46. The molecule has 0 aliphatic heterocycles. The summed E-state index contributed by atoms with van der Waals surface area (Å²) in [6, 6.07) is 8.53. The summed E-state index contributed by atoms with van der Waals surface area (Å²) in [5.74, 6) is 1.87. The average Bonchev–Trinajstić information content (AvgIpc) is 2.16. The molecule has 0 spiro atoms. The van der Waals surface area contributed by atoms with E-state index in [0.29, 0.717) is 0 Å². The van der Waals surface area contributed by atoms with E-state index in [2.05, 4.69) is 31.2 Å². The molecule has 0 N–H and O–H groups in total. The monoisotopic (exact) mass is 204 g/mol. The van der Waals surface area contributed by atoms with E-state index in [1.165, 1.54) is 31.2 Å². The van der Waals surface area contributed by atoms with Crippen LogP contribution in [0.1, 0.15) is 38.2 Å². The highest BCUT2D eigenvalue weighted by Crippen LogP contribution is 2.27. The van der Waals surface area contributed by atoms with Crippen LogP contribution in [0.2, 0.25) is 0 Å². The second-order valence-electron chi connectivity index (χ2n) is 4.51. The Morgan fingerprint density at radius 1 is 1.33 bits per heavy atom. The second kappa shape index (κ2) is 5.20. The van der Waals surface area contributed by atoms with Crippen LogP contribution < -0.4 is 4.74 Å². The van der Waals surface area contributed by atoms with E-state index < -0.39 is 0 Å². The SMILES string of the molecule is CCCc1cccc(OCC2CCC2)c1. The minimum Gasteiger partial charge on any atom is -0.493 e. The maximum absolute atomic E-state index is 5.80. The molecule has 1 fully saturated rings. The Balaban J connectivity index is 1.86. The van der Waals surface area contributed by atoms with Gasteiger partial charge < -0.3 is 4.74 Å². The fourth-order valence-electron chi connectivity index (χ4n) is 1.95. The van der Waals surface area contributed by atoms with Crippen molar-refractivity contribution in [3.05, 3.63) is 29.8 Å². The molecule has 1 nitrogen and oxygen atoms in total. The molecule has 82 valence electrons. The van der Waals surface area contributed by atoms with Crippen molar-refractivity contribution in [1.82, 2.24) is 0 Å². The van der Waals surface area contributed by atoms with Crippen LogP contribution in [0.25, 0.3) is 0 Å². The van der Waals surface area contributed by atoms with Gasteiger partial charge >= 0.3 is 0 Å². The van der Waals surface area contributed by atoms with Crippen molar-refractivity contribution in [1.29, 1.82) is 0 Å². The van der Waals surface area contributed by atoms with E-state index in [9.17, 15) is 0 Å². The standard InChI is InChI=1S/C14H20O/c1-2-5-12-6-4-9-14(10-12)15-11-13-7-3-8-13/h4,6,9-10,13H,2-3,5,7-8,11H2,1H3. The number of rotatable bonds is 5. The molecule has 1 heteroatoms. The molecule has 0 heterocycles. The molecule has 0 saturated heterocycles. The first-order valence-electron chi connectivity index (χ1n) is 6.10. The highest BCUT2D eigenvalue weighted by Gasteiger charge is 2.17. The molecule has 0 atom stereocenters. The van der Waals surface area contributed by atoms with Crippen LogP contribution in [0.3, 0.4) is 0 Å². The zero-order valence-electron chi connectivity index (χ0n) is 9.54. The minimum absolute atomic E-state index is 0.819. The molecule has 0 bridgehead atoms. The lowest BCUT2D eigenvalue weighted by Gasteiger charge is -2.25. The molecule has 1 aromatic rings. The summed E-state index contributed by atoms with van der Waals surface area (Å²) in [6.45, 7) is 3.12. The first-order valence-corrected chi connectivity index (χ1v) is 6.10. The second-order valence-corrected chi connectivity index (χ2v) is 4.51. The number of hydrogen-bond donors (Lipinski definition) is 0. The van der Waals surface area contributed by atoms with Gasteiger partial charge in [0.15, 0.2) is 0 Å². The van der Waals surface area contributed by atoms with Crippen LogP contribution in [-0.4, -0.2) is 6.61 Å². The highest BCUT2D eigenvalue weighted by molar-refractivity contribution is 5.28. The Morgan fingerprint density at radius 2 is 2.20 bits per heavy atom. The molecule has 0 radical (unpaired) electrons. The van der Waals surface area contributed by atoms with E-state index in [0.717, 1.165) is 24.7 Å². The number of hydrogen-bond acceptors (Lipinski definition) is 1. The van der Waals surface area contributed by atoms with Gasteiger partial charge in [0.2, 0.25) is 0 Å². The zero-order chi connectivity index (χ0) is 10.5. The molecule has 1 aromatic carbocycles. The Labute approximate surface area is 92.5 Å². The number of benzene rings is 1. The van der Waals surface area contributed by atoms with Crippen LogP contribution >= 0.6 is 0 Å². The van der Waals surface area contributed by atoms with E-state index in [1.54, 1.807) is 0 Å². The molecular weight excluding hydrogens is 184 g/mol. The number of aryl methyl sites for hydroxylation is 1. The Hall–Kier alpha value is -0.980. The van der Waals surface area contributed by atoms with E-state index >= 15 is 0 Å². The highest BCUT2D eigenvalue weighted by atomic mass is 16.5. The summed E-state index contributed by atoms with van der Waals surface area (Å²) in [5, 5.41) is 0. The molecule has 1 aliphatic carbocycles. The molecule has 1 aliphatic rings. The number of ether oxygens (including phenoxy) is 1. The van der Waals surface area contributed by atoms with Gasteiger partial charge in [-0.15, -0.1) is 0 Å². The minimum atomic E-state index is 0.819. The summed E-state index contributed by atoms with van der Waals surface area (Å²) in [5.41, 5.74) is 1.39. The largest absolute Gasteiger partial charge is 0.493 e. The van der Waals surface area contributed by atoms with Gasteiger partial charge in [-0.25, -0.2) is 0 Å². The Bertz CT molecular complexity index is 302. The van der Waals surface area contributed by atoms with Crippen LogP contribution in [0, 0.1) is 5.92 Å². The predicted molar refractivity (Wildman–Crippen MR) is 63.3 cm³/mol. The third-order valence-electron chi connectivity index (χ3n) is 3.15. The lowest BCUT2D eigenvalue weighted by molar-refractivity contribution is 0.180. The normalized spacial score (nSPS) is 16.1. The quantitative estimate of drug-likeness (QED) is 0.708. The third-order valence-corrected chi connectivity index (χ3v) is 3.15. The van der Waals surface area contributed by atoms with E-state index in [-0.39, 0.29) is 0 Å². The van der Waals surface area contributed by atoms with Crippen molar-refractivity contribution in [2.75, 3.05) is 6.61 Å². The van der Waals surface area contributed by atoms with Crippen molar-refractivity contribution in [2.45, 2.75) is 39.0 Å². The lowest BCUT2D eigenvalue weighted by Crippen LogP contribution is -2.19. The Kier molecular flexibility index (Phi) is 3.65. The first kappa shape index (κ1) is 10.5. The van der Waals surface area contributed by atoms with Crippen molar-refractivity contribution in [3.63, 3.8) is 0 Å². The maximum Gasteiger partial charge on any atom is 0.119 e. The van der Waals surface area contributed by atoms with Crippen molar-refractivity contribution in [3.8, 4) is 5.75 Å². The summed E-state index contributed by atoms with van der Waals surface area (Å²) >= 11 is 0. The molecule has 2 rings (SSSR count). The van der Waals surface area contributed by atoms with Gasteiger partial charge in [-0.05, 0) is 42.9 Å². The molecule has 0 amide bonds. The van der Waals surface area contributed by atoms with Crippen molar-refractivity contribution >= 4 is 0 Å². The van der Waals surface area contributed by atoms with Crippen LogP contribution in [0.4, 0.5) is 0 Å². The Morgan fingerprint density at radius 3 is 2.87 bits per heavy atom. The van der Waals surface area contributed by atoms with Gasteiger partial charge in [-0.1, -0.05) is 31.9 Å². The molecule has 1 saturated carbocycles. The predicted octanol–water partition coefficient (Wildman–Crippen LogP) is 3.82. The van der Waals surface area contributed by atoms with Crippen LogP contribution in [0.15, 0.2) is 24.3 Å². The zero-order valence-corrected chi connectivity index (χ0v) is 9.54. The molecule has 0 unspecified atom stereocenters. The van der Waals surface area contributed by atoms with Crippen molar-refractivity contribution < 1.29 is 4.74 Å². The topological polar surface area (TPSA) is 9.23 Å². The van der Waals surface area contributed by atoms with E-state index in [4.69, 9.17) is 4.74 Å². The lowest BCUT2D eigenvalue weighted by atomic mass is 9.86. The first-order chi connectivity index (χ1) is 7.38. The summed E-state index contributed by atoms with van der Waals surface area (Å²) < 4.78 is 5.80. The van der Waals surface area contributed by atoms with Gasteiger partial charge in [-0.2, -0.15) is 0 Å². The molecule has 15 heavy (non-hydrogen) atoms. The third kappa shape index (κ3) is 2.98. The van der Waals surface area contributed by atoms with Crippen molar-refractivity contribution in [2.24, 2.45) is 5.92 Å². The fraction of sp³-hybridized carbons (Fsp3) is 0.571. The maximum atomic E-state index is 5.80. The molecule has 0 aromatic heterocycles. The van der Waals surface area contributed by atoms with Gasteiger partial charge in [0.1, 0.15) is 5.75 Å². The smallest absolute Gasteiger partial charge is 0.119 e. The average molecular weight is 204 g/mol. The van der Waals surface area contributed by atoms with Gasteiger partial charge in [0.25, 0.3) is 0 Å². The van der Waals surface area contributed by atoms with Gasteiger partial charge in [0.05, 0.1) is 6.61 Å². The van der Waals surface area contributed by atoms with Gasteiger partial charge in [0, 0.05) is 0 Å².